The van der Waals surface area contributed by atoms with E-state index < -0.39 is 10.0 Å². The van der Waals surface area contributed by atoms with Crippen molar-refractivity contribution >= 4 is 15.9 Å². The Hall–Kier alpha value is -2.18. The Morgan fingerprint density at radius 1 is 1.08 bits per heavy atom. The molecule has 0 aromatic heterocycles. The number of fused-ring (bicyclic) bond motifs is 3. The molecular formula is C20H22N2O3S. The third kappa shape index (κ3) is 3.04. The first kappa shape index (κ1) is 17.2. The molecule has 0 N–H and O–H groups in total. The molecule has 0 radical (unpaired) electrons. The molecular weight excluding hydrogens is 348 g/mol. The van der Waals surface area contributed by atoms with E-state index in [4.69, 9.17) is 0 Å². The Labute approximate surface area is 154 Å². The maximum atomic E-state index is 13.0. The van der Waals surface area contributed by atoms with Gasteiger partial charge >= 0.3 is 0 Å². The van der Waals surface area contributed by atoms with Crippen LogP contribution >= 0.6 is 0 Å². The van der Waals surface area contributed by atoms with Gasteiger partial charge in [0, 0.05) is 13.1 Å². The van der Waals surface area contributed by atoms with Crippen LogP contribution in [0.5, 0.6) is 0 Å². The standard InChI is InChI=1S/C20H22N2O3S/c1-15-6-2-3-8-17(15)14-26(24,25)21-12-19-18-9-5-4-7-16(18)10-11-22(19)20(23)13-21/h2-9,19H,10-14H2,1H3. The Balaban J connectivity index is 1.63. The van der Waals surface area contributed by atoms with Crippen molar-refractivity contribution in [1.29, 1.82) is 0 Å². The van der Waals surface area contributed by atoms with E-state index in [9.17, 15) is 13.2 Å². The van der Waals surface area contributed by atoms with Crippen LogP contribution in [0, 0.1) is 6.92 Å². The van der Waals surface area contributed by atoms with E-state index in [1.807, 2.05) is 54.3 Å². The molecule has 4 rings (SSSR count). The number of benzene rings is 2. The zero-order valence-corrected chi connectivity index (χ0v) is 15.6. The minimum absolute atomic E-state index is 0.0626. The highest BCUT2D eigenvalue weighted by Gasteiger charge is 2.40. The number of carbonyl (C=O) groups excluding carboxylic acids is 1. The second kappa shape index (κ2) is 6.52. The van der Waals surface area contributed by atoms with Crippen LogP contribution in [0.15, 0.2) is 48.5 Å². The lowest BCUT2D eigenvalue weighted by Crippen LogP contribution is -2.55. The van der Waals surface area contributed by atoms with Crippen LogP contribution < -0.4 is 0 Å². The third-order valence-electron chi connectivity index (χ3n) is 5.41. The van der Waals surface area contributed by atoms with E-state index in [2.05, 4.69) is 6.07 Å². The fraction of sp³-hybridized carbons (Fsp3) is 0.350. The van der Waals surface area contributed by atoms with Crippen LogP contribution in [0.25, 0.3) is 0 Å². The van der Waals surface area contributed by atoms with E-state index in [0.29, 0.717) is 13.1 Å². The topological polar surface area (TPSA) is 57.7 Å². The average Bonchev–Trinajstić information content (AvgIpc) is 2.63. The van der Waals surface area contributed by atoms with Crippen molar-refractivity contribution in [3.05, 3.63) is 70.8 Å². The SMILES string of the molecule is Cc1ccccc1CS(=O)(=O)N1CC(=O)N2CCc3ccccc3C2C1. The Kier molecular flexibility index (Phi) is 4.32. The summed E-state index contributed by atoms with van der Waals surface area (Å²) in [6.07, 6.45) is 0.828. The second-order valence-electron chi connectivity index (χ2n) is 7.03. The van der Waals surface area contributed by atoms with Crippen molar-refractivity contribution in [2.45, 2.75) is 25.1 Å². The first-order valence-corrected chi connectivity index (χ1v) is 10.5. The lowest BCUT2D eigenvalue weighted by atomic mass is 9.91. The molecule has 5 nitrogen and oxygen atoms in total. The average molecular weight is 370 g/mol. The van der Waals surface area contributed by atoms with Gasteiger partial charge in [-0.15, -0.1) is 0 Å². The van der Waals surface area contributed by atoms with Gasteiger partial charge in [-0.2, -0.15) is 4.31 Å². The summed E-state index contributed by atoms with van der Waals surface area (Å²) in [6, 6.07) is 15.3. The van der Waals surface area contributed by atoms with Gasteiger partial charge in [0.05, 0.1) is 18.3 Å². The number of aryl methyl sites for hydroxylation is 1. The van der Waals surface area contributed by atoms with E-state index >= 15 is 0 Å². The Morgan fingerprint density at radius 2 is 1.81 bits per heavy atom. The molecule has 2 aromatic carbocycles. The van der Waals surface area contributed by atoms with Gasteiger partial charge in [-0.1, -0.05) is 48.5 Å². The minimum atomic E-state index is -3.56. The molecule has 1 unspecified atom stereocenters. The maximum absolute atomic E-state index is 13.0. The largest absolute Gasteiger partial charge is 0.333 e. The fourth-order valence-electron chi connectivity index (χ4n) is 3.92. The molecule has 0 spiro atoms. The van der Waals surface area contributed by atoms with Crippen molar-refractivity contribution in [1.82, 2.24) is 9.21 Å². The van der Waals surface area contributed by atoms with Gasteiger partial charge in [-0.25, -0.2) is 8.42 Å². The molecule has 136 valence electrons. The molecule has 0 aliphatic carbocycles. The molecule has 1 fully saturated rings. The predicted octanol–water partition coefficient (Wildman–Crippen LogP) is 2.27. The minimum Gasteiger partial charge on any atom is -0.333 e. The van der Waals surface area contributed by atoms with Gasteiger partial charge in [0.2, 0.25) is 15.9 Å². The maximum Gasteiger partial charge on any atom is 0.238 e. The smallest absolute Gasteiger partial charge is 0.238 e. The lowest BCUT2D eigenvalue weighted by molar-refractivity contribution is -0.138. The first-order chi connectivity index (χ1) is 12.5. The van der Waals surface area contributed by atoms with Crippen molar-refractivity contribution in [3.63, 3.8) is 0 Å². The number of rotatable bonds is 3. The van der Waals surface area contributed by atoms with Crippen LogP contribution in [0.2, 0.25) is 0 Å². The summed E-state index contributed by atoms with van der Waals surface area (Å²) in [5.41, 5.74) is 4.01. The summed E-state index contributed by atoms with van der Waals surface area (Å²) in [5.74, 6) is -0.175. The Morgan fingerprint density at radius 3 is 2.62 bits per heavy atom. The summed E-state index contributed by atoms with van der Waals surface area (Å²) >= 11 is 0. The molecule has 1 saturated heterocycles. The summed E-state index contributed by atoms with van der Waals surface area (Å²) in [6.45, 7) is 2.83. The highest BCUT2D eigenvalue weighted by molar-refractivity contribution is 7.88. The van der Waals surface area contributed by atoms with Crippen LogP contribution in [0.3, 0.4) is 0 Å². The molecule has 2 heterocycles. The van der Waals surface area contributed by atoms with Gasteiger partial charge in [0.25, 0.3) is 0 Å². The monoisotopic (exact) mass is 370 g/mol. The van der Waals surface area contributed by atoms with Crippen molar-refractivity contribution in [3.8, 4) is 0 Å². The lowest BCUT2D eigenvalue weighted by Gasteiger charge is -2.44. The summed E-state index contributed by atoms with van der Waals surface area (Å²) in [4.78, 5) is 14.5. The summed E-state index contributed by atoms with van der Waals surface area (Å²) in [7, 11) is -3.56. The molecule has 6 heteroatoms. The number of nitrogens with zero attached hydrogens (tertiary/aromatic N) is 2. The first-order valence-electron chi connectivity index (χ1n) is 8.85. The highest BCUT2D eigenvalue weighted by Crippen LogP contribution is 2.34. The van der Waals surface area contributed by atoms with E-state index in [-0.39, 0.29) is 24.2 Å². The number of hydrogen-bond acceptors (Lipinski definition) is 3. The quantitative estimate of drug-likeness (QED) is 0.833. The van der Waals surface area contributed by atoms with Crippen molar-refractivity contribution < 1.29 is 13.2 Å². The summed E-state index contributed by atoms with van der Waals surface area (Å²) in [5, 5.41) is 0. The third-order valence-corrected chi connectivity index (χ3v) is 7.15. The normalized spacial score (nSPS) is 20.6. The van der Waals surface area contributed by atoms with E-state index in [1.165, 1.54) is 9.87 Å². The molecule has 0 bridgehead atoms. The number of sulfonamides is 1. The number of hydrogen-bond donors (Lipinski definition) is 0. The van der Waals surface area contributed by atoms with Gasteiger partial charge < -0.3 is 4.90 Å². The number of amides is 1. The van der Waals surface area contributed by atoms with Crippen LogP contribution in [-0.4, -0.2) is 43.2 Å². The summed E-state index contributed by atoms with van der Waals surface area (Å²) < 4.78 is 27.4. The van der Waals surface area contributed by atoms with Crippen LogP contribution in [0.4, 0.5) is 0 Å². The molecule has 2 aromatic rings. The molecule has 26 heavy (non-hydrogen) atoms. The van der Waals surface area contributed by atoms with Crippen molar-refractivity contribution in [2.75, 3.05) is 19.6 Å². The molecule has 2 aliphatic rings. The van der Waals surface area contributed by atoms with Gasteiger partial charge in [0.1, 0.15) is 0 Å². The van der Waals surface area contributed by atoms with E-state index in [0.717, 1.165) is 23.1 Å². The van der Waals surface area contributed by atoms with Crippen LogP contribution in [0.1, 0.15) is 28.3 Å². The van der Waals surface area contributed by atoms with Crippen molar-refractivity contribution in [2.24, 2.45) is 0 Å². The molecule has 2 aliphatic heterocycles. The molecule has 0 saturated carbocycles. The highest BCUT2D eigenvalue weighted by atomic mass is 32.2. The second-order valence-corrected chi connectivity index (χ2v) is 9.00. The zero-order chi connectivity index (χ0) is 18.3. The molecule has 1 amide bonds. The zero-order valence-electron chi connectivity index (χ0n) is 14.8. The van der Waals surface area contributed by atoms with Gasteiger partial charge in [-0.05, 0) is 35.6 Å². The fourth-order valence-corrected chi connectivity index (χ4v) is 5.49. The number of carbonyl (C=O) groups is 1. The predicted molar refractivity (Wildman–Crippen MR) is 100.0 cm³/mol. The van der Waals surface area contributed by atoms with Gasteiger partial charge in [-0.3, -0.25) is 4.79 Å². The van der Waals surface area contributed by atoms with Crippen LogP contribution in [-0.2, 0) is 27.0 Å². The number of piperazine rings is 1. The molecule has 1 atom stereocenters. The van der Waals surface area contributed by atoms with Gasteiger partial charge in [0.15, 0.2) is 0 Å². The van der Waals surface area contributed by atoms with E-state index in [1.54, 1.807) is 0 Å². The Bertz CT molecular complexity index is 955.